The fourth-order valence-corrected chi connectivity index (χ4v) is 4.76. The maximum Gasteiger partial charge on any atom is 0.236 e. The number of aryl methyl sites for hydroxylation is 1. The van der Waals surface area contributed by atoms with E-state index in [0.29, 0.717) is 61.1 Å². The van der Waals surface area contributed by atoms with Crippen molar-refractivity contribution in [2.75, 3.05) is 69.5 Å². The molecule has 0 saturated carbocycles. The lowest BCUT2D eigenvalue weighted by Gasteiger charge is -2.36. The Morgan fingerprint density at radius 3 is 2.42 bits per heavy atom. The van der Waals surface area contributed by atoms with Crippen LogP contribution in [0.5, 0.6) is 5.75 Å². The summed E-state index contributed by atoms with van der Waals surface area (Å²) < 4.78 is 5.79. The third-order valence-electron chi connectivity index (χ3n) is 5.75. The zero-order valence-corrected chi connectivity index (χ0v) is 23.1. The van der Waals surface area contributed by atoms with Gasteiger partial charge in [-0.1, -0.05) is 0 Å². The second-order valence-electron chi connectivity index (χ2n) is 9.19. The number of piperazine rings is 1. The third kappa shape index (κ3) is 6.92. The molecule has 2 amide bonds. The Morgan fingerprint density at radius 1 is 1.13 bits per heavy atom. The Morgan fingerprint density at radius 2 is 1.84 bits per heavy atom. The number of carbonyl (C=O) groups is 2. The van der Waals surface area contributed by atoms with E-state index in [1.807, 2.05) is 61.2 Å². The smallest absolute Gasteiger partial charge is 0.236 e. The van der Waals surface area contributed by atoms with Crippen LogP contribution in [0.25, 0.3) is 0 Å². The number of aromatic nitrogens is 4. The van der Waals surface area contributed by atoms with E-state index in [0.717, 1.165) is 16.3 Å². The number of nitrogens with one attached hydrogen (secondary N) is 3. The quantitative estimate of drug-likeness (QED) is 0.349. The van der Waals surface area contributed by atoms with E-state index in [1.165, 1.54) is 18.7 Å². The molecule has 0 atom stereocenters. The summed E-state index contributed by atoms with van der Waals surface area (Å²) in [5.41, 5.74) is 1.63. The van der Waals surface area contributed by atoms with E-state index in [9.17, 15) is 9.59 Å². The molecule has 3 aromatic rings. The number of aromatic amines is 1. The largest absolute Gasteiger partial charge is 0.490 e. The number of amides is 2. The van der Waals surface area contributed by atoms with Gasteiger partial charge in [-0.2, -0.15) is 5.10 Å². The molecule has 1 fully saturated rings. The Kier molecular flexibility index (Phi) is 8.69. The summed E-state index contributed by atoms with van der Waals surface area (Å²) in [5.74, 6) is 2.24. The Balaban J connectivity index is 1.61. The summed E-state index contributed by atoms with van der Waals surface area (Å²) in [5, 5.41) is 13.7. The van der Waals surface area contributed by atoms with Crippen molar-refractivity contribution < 1.29 is 14.3 Å². The zero-order chi connectivity index (χ0) is 27.2. The highest BCUT2D eigenvalue weighted by atomic mass is 32.2. The fraction of sp³-hybridized carbons (Fsp3) is 0.400. The van der Waals surface area contributed by atoms with Crippen molar-refractivity contribution in [1.29, 1.82) is 0 Å². The van der Waals surface area contributed by atoms with Gasteiger partial charge in [0, 0.05) is 55.4 Å². The molecular formula is C25H33N9O3S. The minimum Gasteiger partial charge on any atom is -0.490 e. The highest BCUT2D eigenvalue weighted by Gasteiger charge is 2.27. The van der Waals surface area contributed by atoms with Crippen molar-refractivity contribution in [1.82, 2.24) is 30.0 Å². The molecule has 1 aromatic carbocycles. The van der Waals surface area contributed by atoms with Crippen LogP contribution in [0, 0.1) is 6.92 Å². The molecule has 13 heteroatoms. The fourth-order valence-electron chi connectivity index (χ4n) is 4.01. The first-order valence-corrected chi connectivity index (χ1v) is 13.0. The van der Waals surface area contributed by atoms with Crippen molar-refractivity contribution in [2.45, 2.75) is 23.9 Å². The van der Waals surface area contributed by atoms with E-state index in [2.05, 4.69) is 25.7 Å². The van der Waals surface area contributed by atoms with Crippen LogP contribution < -0.4 is 20.3 Å². The van der Waals surface area contributed by atoms with Gasteiger partial charge in [-0.05, 0) is 57.0 Å². The summed E-state index contributed by atoms with van der Waals surface area (Å²) in [6.07, 6.45) is 0. The lowest BCUT2D eigenvalue weighted by molar-refractivity contribution is -0.132. The molecule has 0 unspecified atom stereocenters. The summed E-state index contributed by atoms with van der Waals surface area (Å²) >= 11 is 1.40. The standard InChI is InChI=1S/C25H33N9O3S/c1-16-14-20(31-30-16)27-23-22(37-5)24(34-12-10-33(11-13-34)21(36)15-32(3)4)29-25(28-23)38-19-8-6-18(7-9-19)26-17(2)35/h6-9,14H,10-13,15H2,1-5H3,(H,26,35)(H2,27,28,29,30,31). The highest BCUT2D eigenvalue weighted by molar-refractivity contribution is 7.99. The molecule has 3 N–H and O–H groups in total. The lowest BCUT2D eigenvalue weighted by Crippen LogP contribution is -2.51. The maximum atomic E-state index is 12.5. The SMILES string of the molecule is COc1c(Nc2cc(C)[nH]n2)nc(Sc2ccc(NC(C)=O)cc2)nc1N1CCN(C(=O)CN(C)C)CC1. The number of ether oxygens (including phenoxy) is 1. The first kappa shape index (κ1) is 27.2. The number of anilines is 4. The summed E-state index contributed by atoms with van der Waals surface area (Å²) in [4.78, 5) is 40.3. The molecule has 38 heavy (non-hydrogen) atoms. The molecule has 0 radical (unpaired) electrons. The molecular weight excluding hydrogens is 506 g/mol. The van der Waals surface area contributed by atoms with Gasteiger partial charge in [-0.25, -0.2) is 9.97 Å². The normalized spacial score (nSPS) is 13.5. The van der Waals surface area contributed by atoms with Gasteiger partial charge in [0.15, 0.2) is 22.6 Å². The molecule has 0 bridgehead atoms. The van der Waals surface area contributed by atoms with Crippen molar-refractivity contribution in [3.8, 4) is 5.75 Å². The Labute approximate surface area is 226 Å². The molecule has 12 nitrogen and oxygen atoms in total. The van der Waals surface area contributed by atoms with Crippen molar-refractivity contribution in [3.63, 3.8) is 0 Å². The topological polar surface area (TPSA) is 132 Å². The van der Waals surface area contributed by atoms with Gasteiger partial charge in [-0.3, -0.25) is 14.7 Å². The third-order valence-corrected chi connectivity index (χ3v) is 6.62. The van der Waals surface area contributed by atoms with Crippen LogP contribution in [0.1, 0.15) is 12.6 Å². The summed E-state index contributed by atoms with van der Waals surface area (Å²) in [6, 6.07) is 9.36. The van der Waals surface area contributed by atoms with E-state index in [-0.39, 0.29) is 11.8 Å². The van der Waals surface area contributed by atoms with Crippen molar-refractivity contribution in [2.24, 2.45) is 0 Å². The van der Waals surface area contributed by atoms with Gasteiger partial charge in [0.05, 0.1) is 13.7 Å². The van der Waals surface area contributed by atoms with Gasteiger partial charge >= 0.3 is 0 Å². The Bertz CT molecular complexity index is 1270. The number of carbonyl (C=O) groups excluding carboxylic acids is 2. The number of hydrogen-bond donors (Lipinski definition) is 3. The van der Waals surface area contributed by atoms with Gasteiger partial charge in [0.25, 0.3) is 0 Å². The van der Waals surface area contributed by atoms with Crippen LogP contribution in [0.4, 0.5) is 23.1 Å². The molecule has 4 rings (SSSR count). The zero-order valence-electron chi connectivity index (χ0n) is 22.2. The van der Waals surface area contributed by atoms with Crippen LogP contribution in [0.3, 0.4) is 0 Å². The van der Waals surface area contributed by atoms with Crippen molar-refractivity contribution >= 4 is 46.7 Å². The molecule has 202 valence electrons. The van der Waals surface area contributed by atoms with E-state index >= 15 is 0 Å². The molecule has 0 spiro atoms. The van der Waals surface area contributed by atoms with Crippen LogP contribution in [0.15, 0.2) is 40.4 Å². The van der Waals surface area contributed by atoms with Crippen LogP contribution in [-0.4, -0.2) is 95.7 Å². The predicted octanol–water partition coefficient (Wildman–Crippen LogP) is 2.58. The number of nitrogens with zero attached hydrogens (tertiary/aromatic N) is 6. The number of rotatable bonds is 9. The first-order chi connectivity index (χ1) is 18.2. The number of benzene rings is 1. The Hall–Kier alpha value is -3.84. The maximum absolute atomic E-state index is 12.5. The predicted molar refractivity (Wildman–Crippen MR) is 147 cm³/mol. The monoisotopic (exact) mass is 539 g/mol. The van der Waals surface area contributed by atoms with Gasteiger partial charge in [0.2, 0.25) is 17.6 Å². The molecule has 0 aliphatic carbocycles. The number of H-pyrrole nitrogens is 1. The highest BCUT2D eigenvalue weighted by Crippen LogP contribution is 2.38. The molecule has 1 aliphatic heterocycles. The van der Waals surface area contributed by atoms with Crippen LogP contribution in [0.2, 0.25) is 0 Å². The lowest BCUT2D eigenvalue weighted by atomic mass is 10.3. The molecule has 3 heterocycles. The average molecular weight is 540 g/mol. The number of likely N-dealkylation sites (N-methyl/N-ethyl adjacent to an activating group) is 1. The minimum absolute atomic E-state index is 0.111. The number of methoxy groups -OCH3 is 1. The number of hydrogen-bond acceptors (Lipinski definition) is 10. The summed E-state index contributed by atoms with van der Waals surface area (Å²) in [6.45, 7) is 6.19. The van der Waals surface area contributed by atoms with Gasteiger partial charge in [-0.15, -0.1) is 0 Å². The molecule has 2 aromatic heterocycles. The first-order valence-electron chi connectivity index (χ1n) is 12.2. The average Bonchev–Trinajstić information content (AvgIpc) is 3.28. The minimum atomic E-state index is -0.124. The van der Waals surface area contributed by atoms with Crippen LogP contribution in [-0.2, 0) is 9.59 Å². The molecule has 1 saturated heterocycles. The van der Waals surface area contributed by atoms with Gasteiger partial charge < -0.3 is 30.1 Å². The molecule has 1 aliphatic rings. The van der Waals surface area contributed by atoms with Crippen molar-refractivity contribution in [3.05, 3.63) is 36.0 Å². The van der Waals surface area contributed by atoms with Gasteiger partial charge in [0.1, 0.15) is 0 Å². The second-order valence-corrected chi connectivity index (χ2v) is 10.2. The van der Waals surface area contributed by atoms with E-state index in [1.54, 1.807) is 7.11 Å². The van der Waals surface area contributed by atoms with Crippen LogP contribution >= 0.6 is 11.8 Å². The second kappa shape index (κ2) is 12.1. The summed E-state index contributed by atoms with van der Waals surface area (Å²) in [7, 11) is 5.37. The van der Waals surface area contributed by atoms with E-state index in [4.69, 9.17) is 14.7 Å². The van der Waals surface area contributed by atoms with E-state index < -0.39 is 0 Å².